The Balaban J connectivity index is 2.69. The number of H-pyrrole nitrogens is 1. The third-order valence-electron chi connectivity index (χ3n) is 1.92. The maximum Gasteiger partial charge on any atom is 0.120 e. The van der Waals surface area contributed by atoms with Crippen LogP contribution in [0.25, 0.3) is 10.9 Å². The molecule has 0 bridgehead atoms. The van der Waals surface area contributed by atoms with E-state index in [1.165, 1.54) is 0 Å². The van der Waals surface area contributed by atoms with Gasteiger partial charge in [-0.15, -0.1) is 0 Å². The van der Waals surface area contributed by atoms with Gasteiger partial charge in [-0.2, -0.15) is 0 Å². The molecule has 3 N–H and O–H groups in total. The van der Waals surface area contributed by atoms with E-state index in [2.05, 4.69) is 4.98 Å². The van der Waals surface area contributed by atoms with Crippen molar-refractivity contribution < 1.29 is 4.74 Å². The number of hydrogen-bond donors (Lipinski definition) is 2. The molecule has 0 aliphatic carbocycles. The minimum absolute atomic E-state index is 0.771. The van der Waals surface area contributed by atoms with E-state index in [1.807, 2.05) is 18.2 Å². The maximum atomic E-state index is 5.70. The van der Waals surface area contributed by atoms with Crippen molar-refractivity contribution in [3.63, 3.8) is 0 Å². The van der Waals surface area contributed by atoms with Crippen molar-refractivity contribution in [3.05, 3.63) is 24.4 Å². The molecule has 0 amide bonds. The Kier molecular flexibility index (Phi) is 1.43. The molecule has 62 valence electrons. The predicted octanol–water partition coefficient (Wildman–Crippen LogP) is 1.76. The van der Waals surface area contributed by atoms with Gasteiger partial charge in [0.25, 0.3) is 0 Å². The first-order chi connectivity index (χ1) is 5.81. The highest BCUT2D eigenvalue weighted by molar-refractivity contribution is 5.91. The Morgan fingerprint density at radius 2 is 2.25 bits per heavy atom. The van der Waals surface area contributed by atoms with Crippen LogP contribution in [0.15, 0.2) is 24.4 Å². The van der Waals surface area contributed by atoms with Gasteiger partial charge in [-0.25, -0.2) is 0 Å². The van der Waals surface area contributed by atoms with Crippen LogP contribution >= 0.6 is 0 Å². The van der Waals surface area contributed by atoms with Crippen LogP contribution in [0, 0.1) is 0 Å². The van der Waals surface area contributed by atoms with Gasteiger partial charge in [-0.05, 0) is 12.1 Å². The molecule has 0 saturated heterocycles. The molecule has 0 radical (unpaired) electrons. The molecule has 0 unspecified atom stereocenters. The number of hydrogen-bond acceptors (Lipinski definition) is 2. The van der Waals surface area contributed by atoms with Gasteiger partial charge in [0, 0.05) is 17.6 Å². The van der Waals surface area contributed by atoms with Crippen molar-refractivity contribution in [1.29, 1.82) is 0 Å². The van der Waals surface area contributed by atoms with Crippen LogP contribution in [0.5, 0.6) is 5.75 Å². The molecule has 0 fully saturated rings. The van der Waals surface area contributed by atoms with Gasteiger partial charge in [-0.3, -0.25) is 0 Å². The lowest BCUT2D eigenvalue weighted by Crippen LogP contribution is -1.82. The minimum atomic E-state index is 0.771. The quantitative estimate of drug-likeness (QED) is 0.671. The molecular formula is C9H10N2O. The van der Waals surface area contributed by atoms with E-state index in [0.29, 0.717) is 0 Å². The van der Waals surface area contributed by atoms with E-state index < -0.39 is 0 Å². The summed E-state index contributed by atoms with van der Waals surface area (Å²) in [6.07, 6.45) is 1.78. The summed E-state index contributed by atoms with van der Waals surface area (Å²) in [4.78, 5) is 3.06. The topological polar surface area (TPSA) is 51.0 Å². The van der Waals surface area contributed by atoms with Crippen molar-refractivity contribution in [2.24, 2.45) is 0 Å². The molecule has 0 spiro atoms. The molecule has 0 saturated carbocycles. The monoisotopic (exact) mass is 162 g/mol. The summed E-state index contributed by atoms with van der Waals surface area (Å²) >= 11 is 0. The van der Waals surface area contributed by atoms with Crippen LogP contribution in [-0.4, -0.2) is 12.1 Å². The smallest absolute Gasteiger partial charge is 0.120 e. The lowest BCUT2D eigenvalue weighted by atomic mass is 10.2. The lowest BCUT2D eigenvalue weighted by molar-refractivity contribution is 0.415. The molecule has 0 aliphatic rings. The SMILES string of the molecule is COc1ccc2c(N)c[nH]c2c1. The van der Waals surface area contributed by atoms with E-state index in [1.54, 1.807) is 13.3 Å². The summed E-state index contributed by atoms with van der Waals surface area (Å²) in [6, 6.07) is 5.76. The maximum absolute atomic E-state index is 5.70. The molecule has 3 heteroatoms. The Labute approximate surface area is 70.1 Å². The molecular weight excluding hydrogens is 152 g/mol. The van der Waals surface area contributed by atoms with Gasteiger partial charge in [0.1, 0.15) is 5.75 Å². The summed E-state index contributed by atoms with van der Waals surface area (Å²) in [7, 11) is 1.65. The second kappa shape index (κ2) is 2.44. The Morgan fingerprint density at radius 1 is 1.42 bits per heavy atom. The summed E-state index contributed by atoms with van der Waals surface area (Å²) in [6.45, 7) is 0. The number of methoxy groups -OCH3 is 1. The van der Waals surface area contributed by atoms with Crippen LogP contribution in [0.4, 0.5) is 5.69 Å². The first kappa shape index (κ1) is 7.03. The van der Waals surface area contributed by atoms with E-state index >= 15 is 0 Å². The summed E-state index contributed by atoms with van der Waals surface area (Å²) in [5.41, 5.74) is 7.47. The molecule has 12 heavy (non-hydrogen) atoms. The van der Waals surface area contributed by atoms with Gasteiger partial charge < -0.3 is 15.5 Å². The fourth-order valence-corrected chi connectivity index (χ4v) is 1.25. The van der Waals surface area contributed by atoms with Gasteiger partial charge in [0.2, 0.25) is 0 Å². The number of ether oxygens (including phenoxy) is 1. The second-order valence-electron chi connectivity index (χ2n) is 2.66. The number of aromatic amines is 1. The lowest BCUT2D eigenvalue weighted by Gasteiger charge is -1.98. The second-order valence-corrected chi connectivity index (χ2v) is 2.66. The van der Waals surface area contributed by atoms with Crippen molar-refractivity contribution in [1.82, 2.24) is 4.98 Å². The van der Waals surface area contributed by atoms with E-state index in [9.17, 15) is 0 Å². The molecule has 3 nitrogen and oxygen atoms in total. The number of nitrogen functional groups attached to an aromatic ring is 1. The highest BCUT2D eigenvalue weighted by Crippen LogP contribution is 2.23. The van der Waals surface area contributed by atoms with Crippen LogP contribution in [0.2, 0.25) is 0 Å². The highest BCUT2D eigenvalue weighted by Gasteiger charge is 2.00. The number of nitrogens with one attached hydrogen (secondary N) is 1. The average Bonchev–Trinajstić information content (AvgIpc) is 2.47. The average molecular weight is 162 g/mol. The third kappa shape index (κ3) is 0.906. The van der Waals surface area contributed by atoms with Gasteiger partial charge >= 0.3 is 0 Å². The highest BCUT2D eigenvalue weighted by atomic mass is 16.5. The summed E-state index contributed by atoms with van der Waals surface area (Å²) < 4.78 is 5.07. The van der Waals surface area contributed by atoms with Crippen LogP contribution in [-0.2, 0) is 0 Å². The van der Waals surface area contributed by atoms with E-state index in [4.69, 9.17) is 10.5 Å². The third-order valence-corrected chi connectivity index (χ3v) is 1.92. The Bertz CT molecular complexity index is 406. The number of aromatic nitrogens is 1. The number of benzene rings is 1. The minimum Gasteiger partial charge on any atom is -0.497 e. The molecule has 1 aromatic heterocycles. The van der Waals surface area contributed by atoms with Crippen molar-refractivity contribution >= 4 is 16.6 Å². The number of anilines is 1. The van der Waals surface area contributed by atoms with E-state index in [-0.39, 0.29) is 0 Å². The van der Waals surface area contributed by atoms with Crippen LogP contribution < -0.4 is 10.5 Å². The number of fused-ring (bicyclic) bond motifs is 1. The fraction of sp³-hybridized carbons (Fsp3) is 0.111. The Morgan fingerprint density at radius 3 is 3.00 bits per heavy atom. The number of rotatable bonds is 1. The van der Waals surface area contributed by atoms with Crippen LogP contribution in [0.3, 0.4) is 0 Å². The normalized spacial score (nSPS) is 10.4. The molecule has 2 aromatic rings. The Hall–Kier alpha value is -1.64. The zero-order valence-electron chi connectivity index (χ0n) is 6.79. The molecule has 2 rings (SSSR count). The molecule has 1 aromatic carbocycles. The predicted molar refractivity (Wildman–Crippen MR) is 49.3 cm³/mol. The molecule has 0 aliphatic heterocycles. The fourth-order valence-electron chi connectivity index (χ4n) is 1.25. The van der Waals surface area contributed by atoms with E-state index in [0.717, 1.165) is 22.3 Å². The first-order valence-corrected chi connectivity index (χ1v) is 3.72. The zero-order chi connectivity index (χ0) is 8.55. The molecule has 1 heterocycles. The van der Waals surface area contributed by atoms with Gasteiger partial charge in [0.15, 0.2) is 0 Å². The first-order valence-electron chi connectivity index (χ1n) is 3.72. The molecule has 0 atom stereocenters. The van der Waals surface area contributed by atoms with Crippen molar-refractivity contribution in [2.45, 2.75) is 0 Å². The van der Waals surface area contributed by atoms with Crippen LogP contribution in [0.1, 0.15) is 0 Å². The van der Waals surface area contributed by atoms with Gasteiger partial charge in [-0.1, -0.05) is 0 Å². The number of nitrogens with two attached hydrogens (primary N) is 1. The standard InChI is InChI=1S/C9H10N2O/c1-12-6-2-3-7-8(10)5-11-9(7)4-6/h2-5,11H,10H2,1H3. The van der Waals surface area contributed by atoms with Crippen molar-refractivity contribution in [3.8, 4) is 5.75 Å². The van der Waals surface area contributed by atoms with Gasteiger partial charge in [0.05, 0.1) is 18.3 Å². The largest absolute Gasteiger partial charge is 0.497 e. The zero-order valence-corrected chi connectivity index (χ0v) is 6.79. The summed E-state index contributed by atoms with van der Waals surface area (Å²) in [5, 5.41) is 1.04. The van der Waals surface area contributed by atoms with Crippen molar-refractivity contribution in [2.75, 3.05) is 12.8 Å². The summed E-state index contributed by atoms with van der Waals surface area (Å²) in [5.74, 6) is 0.837.